The molecule has 0 aliphatic heterocycles. The second-order valence-corrected chi connectivity index (χ2v) is 4.11. The molecule has 0 fully saturated rings. The number of rotatable bonds is 3. The highest BCUT2D eigenvalue weighted by Crippen LogP contribution is 2.11. The molecule has 0 aliphatic carbocycles. The zero-order valence-corrected chi connectivity index (χ0v) is 9.48. The van der Waals surface area contributed by atoms with Crippen molar-refractivity contribution in [3.05, 3.63) is 12.7 Å². The molecule has 0 radical (unpaired) electrons. The topological polar surface area (TPSA) is 66.8 Å². The zero-order valence-electron chi connectivity index (χ0n) is 9.48. The maximum Gasteiger partial charge on any atom is 0.411 e. The molecule has 0 saturated heterocycles. The number of carbonyl (C=O) groups is 2. The van der Waals surface area contributed by atoms with E-state index in [4.69, 9.17) is 9.84 Å². The molecule has 15 heavy (non-hydrogen) atoms. The summed E-state index contributed by atoms with van der Waals surface area (Å²) in [6.07, 6.45) is 0.488. The van der Waals surface area contributed by atoms with E-state index < -0.39 is 23.7 Å². The van der Waals surface area contributed by atoms with Crippen molar-refractivity contribution in [3.8, 4) is 0 Å². The summed E-state index contributed by atoms with van der Waals surface area (Å²) in [5, 5.41) is 8.77. The number of likely N-dealkylation sites (N-methyl/N-ethyl adjacent to an activating group) is 1. The Morgan fingerprint density at radius 2 is 1.93 bits per heavy atom. The highest BCUT2D eigenvalue weighted by Gasteiger charge is 2.27. The van der Waals surface area contributed by atoms with Crippen LogP contribution in [0.15, 0.2) is 12.7 Å². The monoisotopic (exact) mass is 215 g/mol. The normalized spacial score (nSPS) is 12.8. The van der Waals surface area contributed by atoms with E-state index in [1.54, 1.807) is 20.8 Å². The highest BCUT2D eigenvalue weighted by atomic mass is 16.6. The predicted molar refractivity (Wildman–Crippen MR) is 55.6 cm³/mol. The first-order chi connectivity index (χ1) is 6.69. The van der Waals surface area contributed by atoms with Gasteiger partial charge in [-0.25, -0.2) is 9.59 Å². The molecule has 5 nitrogen and oxygen atoms in total. The number of hydrogen-bond donors (Lipinski definition) is 1. The zero-order chi connectivity index (χ0) is 12.2. The third-order valence-corrected chi connectivity index (χ3v) is 1.58. The minimum Gasteiger partial charge on any atom is -0.479 e. The van der Waals surface area contributed by atoms with Crippen molar-refractivity contribution in [2.45, 2.75) is 32.4 Å². The fraction of sp³-hybridized carbons (Fsp3) is 0.600. The summed E-state index contributed by atoms with van der Waals surface area (Å²) in [4.78, 5) is 23.2. The molecule has 1 amide bonds. The van der Waals surface area contributed by atoms with E-state index in [0.717, 1.165) is 4.90 Å². The van der Waals surface area contributed by atoms with Crippen LogP contribution in [0.5, 0.6) is 0 Å². The summed E-state index contributed by atoms with van der Waals surface area (Å²) in [6, 6.07) is -1.07. The molecule has 0 spiro atoms. The fourth-order valence-corrected chi connectivity index (χ4v) is 0.872. The smallest absolute Gasteiger partial charge is 0.411 e. The van der Waals surface area contributed by atoms with E-state index in [0.29, 0.717) is 0 Å². The second-order valence-electron chi connectivity index (χ2n) is 4.11. The van der Waals surface area contributed by atoms with Gasteiger partial charge in [0.2, 0.25) is 0 Å². The number of carboxylic acids is 1. The molecule has 0 aromatic heterocycles. The van der Waals surface area contributed by atoms with Crippen molar-refractivity contribution in [1.82, 2.24) is 4.90 Å². The Morgan fingerprint density at radius 3 is 2.20 bits per heavy atom. The second kappa shape index (κ2) is 4.82. The fourth-order valence-electron chi connectivity index (χ4n) is 0.872. The lowest BCUT2D eigenvalue weighted by Gasteiger charge is -2.26. The van der Waals surface area contributed by atoms with Gasteiger partial charge in [0.1, 0.15) is 5.60 Å². The molecule has 0 aromatic rings. The highest BCUT2D eigenvalue weighted by molar-refractivity contribution is 5.81. The average molecular weight is 215 g/mol. The largest absolute Gasteiger partial charge is 0.479 e. The number of ether oxygens (including phenoxy) is 1. The molecule has 0 rings (SSSR count). The molecule has 86 valence electrons. The number of aliphatic carboxylic acids is 1. The molecule has 0 saturated carbocycles. The van der Waals surface area contributed by atoms with E-state index in [-0.39, 0.29) is 0 Å². The molecule has 0 unspecified atom stereocenters. The number of carbonyl (C=O) groups excluding carboxylic acids is 1. The number of hydrogen-bond acceptors (Lipinski definition) is 3. The summed E-state index contributed by atoms with van der Waals surface area (Å²) in [6.45, 7) is 8.48. The number of amides is 1. The minimum absolute atomic E-state index is 0.643. The standard InChI is InChI=1S/C10H17NO4/c1-6-7(8(12)13)11(5)9(14)15-10(2,3)4/h6-7H,1H2,2-5H3,(H,12,13)/t7-/m0/s1. The van der Waals surface area contributed by atoms with Crippen molar-refractivity contribution in [2.75, 3.05) is 7.05 Å². The van der Waals surface area contributed by atoms with Crippen LogP contribution in [0.1, 0.15) is 20.8 Å². The lowest BCUT2D eigenvalue weighted by atomic mass is 10.2. The van der Waals surface area contributed by atoms with Gasteiger partial charge in [0.25, 0.3) is 0 Å². The first-order valence-electron chi connectivity index (χ1n) is 4.50. The molecule has 0 heterocycles. The maximum atomic E-state index is 11.5. The Kier molecular flexibility index (Phi) is 4.33. The quantitative estimate of drug-likeness (QED) is 0.724. The average Bonchev–Trinajstić information content (AvgIpc) is 2.01. The lowest BCUT2D eigenvalue weighted by Crippen LogP contribution is -2.43. The number of nitrogens with zero attached hydrogens (tertiary/aromatic N) is 1. The maximum absolute atomic E-state index is 11.5. The Bertz CT molecular complexity index is 267. The van der Waals surface area contributed by atoms with Crippen LogP contribution in [0.2, 0.25) is 0 Å². The van der Waals surface area contributed by atoms with Crippen molar-refractivity contribution in [3.63, 3.8) is 0 Å². The molecule has 1 atom stereocenters. The van der Waals surface area contributed by atoms with Gasteiger partial charge in [-0.1, -0.05) is 6.08 Å². The van der Waals surface area contributed by atoms with Gasteiger partial charge in [-0.15, -0.1) is 6.58 Å². The predicted octanol–water partition coefficient (Wildman–Crippen LogP) is 1.49. The summed E-state index contributed by atoms with van der Waals surface area (Å²) >= 11 is 0. The van der Waals surface area contributed by atoms with Gasteiger partial charge in [-0.3, -0.25) is 4.90 Å². The van der Waals surface area contributed by atoms with Crippen molar-refractivity contribution in [1.29, 1.82) is 0 Å². The molecular weight excluding hydrogens is 198 g/mol. The molecule has 0 aromatic carbocycles. The third kappa shape index (κ3) is 4.49. The van der Waals surface area contributed by atoms with E-state index in [2.05, 4.69) is 6.58 Å². The van der Waals surface area contributed by atoms with Crippen LogP contribution in [0.3, 0.4) is 0 Å². The SMILES string of the molecule is C=C[C@@H](C(=O)O)N(C)C(=O)OC(C)(C)C. The van der Waals surface area contributed by atoms with Gasteiger partial charge >= 0.3 is 12.1 Å². The summed E-state index contributed by atoms with van der Waals surface area (Å²) < 4.78 is 5.01. The van der Waals surface area contributed by atoms with Crippen molar-refractivity contribution >= 4 is 12.1 Å². The molecule has 0 aliphatic rings. The first kappa shape index (κ1) is 13.5. The van der Waals surface area contributed by atoms with Crippen LogP contribution in [0.25, 0.3) is 0 Å². The Morgan fingerprint density at radius 1 is 1.47 bits per heavy atom. The summed E-state index contributed by atoms with van der Waals surface area (Å²) in [5.41, 5.74) is -0.643. The van der Waals surface area contributed by atoms with Crippen molar-refractivity contribution in [2.24, 2.45) is 0 Å². The Balaban J connectivity index is 4.56. The molecule has 0 bridgehead atoms. The van der Waals surface area contributed by atoms with Crippen LogP contribution in [-0.4, -0.2) is 40.8 Å². The number of carboxylic acid groups (broad SMARTS) is 1. The van der Waals surface area contributed by atoms with Gasteiger partial charge < -0.3 is 9.84 Å². The van der Waals surface area contributed by atoms with Crippen molar-refractivity contribution < 1.29 is 19.4 Å². The first-order valence-corrected chi connectivity index (χ1v) is 4.50. The molecule has 5 heteroatoms. The Labute approximate surface area is 89.3 Å². The minimum atomic E-state index is -1.14. The van der Waals surface area contributed by atoms with Crippen LogP contribution in [0.4, 0.5) is 4.79 Å². The van der Waals surface area contributed by atoms with Gasteiger partial charge in [0.05, 0.1) is 0 Å². The van der Waals surface area contributed by atoms with Gasteiger partial charge in [-0.2, -0.15) is 0 Å². The van der Waals surface area contributed by atoms with E-state index in [9.17, 15) is 9.59 Å². The molecular formula is C10H17NO4. The van der Waals surface area contributed by atoms with E-state index in [1.165, 1.54) is 13.1 Å². The molecule has 1 N–H and O–H groups in total. The van der Waals surface area contributed by atoms with Gasteiger partial charge in [0.15, 0.2) is 6.04 Å². The van der Waals surface area contributed by atoms with Gasteiger partial charge in [0, 0.05) is 7.05 Å². The third-order valence-electron chi connectivity index (χ3n) is 1.58. The van der Waals surface area contributed by atoms with Crippen LogP contribution < -0.4 is 0 Å². The van der Waals surface area contributed by atoms with E-state index in [1.807, 2.05) is 0 Å². The lowest BCUT2D eigenvalue weighted by molar-refractivity contribution is -0.140. The summed E-state index contributed by atoms with van der Waals surface area (Å²) in [7, 11) is 1.36. The van der Waals surface area contributed by atoms with Crippen LogP contribution >= 0.6 is 0 Å². The van der Waals surface area contributed by atoms with Crippen LogP contribution in [-0.2, 0) is 9.53 Å². The van der Waals surface area contributed by atoms with E-state index >= 15 is 0 Å². The summed E-state index contributed by atoms with van der Waals surface area (Å²) in [5.74, 6) is -1.14. The van der Waals surface area contributed by atoms with Crippen LogP contribution in [0, 0.1) is 0 Å². The Hall–Kier alpha value is -1.52. The van der Waals surface area contributed by atoms with Gasteiger partial charge in [-0.05, 0) is 20.8 Å².